The van der Waals surface area contributed by atoms with Crippen LogP contribution in [0.25, 0.3) is 0 Å². The Bertz CT molecular complexity index is 507. The van der Waals surface area contributed by atoms with E-state index in [0.29, 0.717) is 23.5 Å². The van der Waals surface area contributed by atoms with Crippen LogP contribution in [0.2, 0.25) is 0 Å². The molecule has 1 heterocycles. The van der Waals surface area contributed by atoms with Crippen LogP contribution < -0.4 is 4.74 Å². The molecule has 0 spiro atoms. The number of carbonyl (C=O) groups is 1. The predicted molar refractivity (Wildman–Crippen MR) is 74.8 cm³/mol. The van der Waals surface area contributed by atoms with E-state index < -0.39 is 0 Å². The van der Waals surface area contributed by atoms with E-state index in [0.717, 1.165) is 32.2 Å². The zero-order valence-corrected chi connectivity index (χ0v) is 11.6. The van der Waals surface area contributed by atoms with Crippen molar-refractivity contribution in [3.8, 4) is 17.6 Å². The summed E-state index contributed by atoms with van der Waals surface area (Å²) in [5, 5.41) is 0. The highest BCUT2D eigenvalue weighted by Crippen LogP contribution is 2.16. The normalized spacial score (nSPS) is 17.9. The van der Waals surface area contributed by atoms with Crippen molar-refractivity contribution in [3.63, 3.8) is 0 Å². The molecule has 0 aromatic heterocycles. The van der Waals surface area contributed by atoms with E-state index in [2.05, 4.69) is 11.8 Å². The minimum atomic E-state index is -0.139. The summed E-state index contributed by atoms with van der Waals surface area (Å²) >= 11 is 0. The maximum Gasteiger partial charge on any atom is 0.158 e. The lowest BCUT2D eigenvalue weighted by Crippen LogP contribution is -2.22. The van der Waals surface area contributed by atoms with Crippen LogP contribution in [-0.2, 0) is 9.47 Å². The monoisotopic (exact) mass is 274 g/mol. The van der Waals surface area contributed by atoms with E-state index in [-0.39, 0.29) is 6.29 Å². The van der Waals surface area contributed by atoms with Gasteiger partial charge in [-0.15, -0.1) is 0 Å². The Labute approximate surface area is 119 Å². The van der Waals surface area contributed by atoms with Crippen molar-refractivity contribution >= 4 is 6.29 Å². The third kappa shape index (κ3) is 4.09. The number of aldehydes is 1. The minimum Gasteiger partial charge on any atom is -0.497 e. The molecule has 0 amide bonds. The molecule has 2 rings (SSSR count). The van der Waals surface area contributed by atoms with Gasteiger partial charge in [-0.1, -0.05) is 11.8 Å². The van der Waals surface area contributed by atoms with Crippen LogP contribution in [0.1, 0.15) is 35.2 Å². The third-order valence-corrected chi connectivity index (χ3v) is 3.09. The molecule has 1 aromatic carbocycles. The first-order chi connectivity index (χ1) is 9.83. The quantitative estimate of drug-likeness (QED) is 0.624. The number of methoxy groups -OCH3 is 1. The number of rotatable bonds is 4. The van der Waals surface area contributed by atoms with Crippen molar-refractivity contribution in [2.75, 3.05) is 20.3 Å². The minimum absolute atomic E-state index is 0.139. The van der Waals surface area contributed by atoms with Gasteiger partial charge in [-0.2, -0.15) is 0 Å². The van der Waals surface area contributed by atoms with Crippen molar-refractivity contribution in [2.45, 2.75) is 25.6 Å². The van der Waals surface area contributed by atoms with Crippen molar-refractivity contribution in [3.05, 3.63) is 29.3 Å². The number of benzene rings is 1. The summed E-state index contributed by atoms with van der Waals surface area (Å²) in [5.41, 5.74) is 1.19. The Morgan fingerprint density at radius 1 is 1.45 bits per heavy atom. The molecule has 1 unspecified atom stereocenters. The van der Waals surface area contributed by atoms with Crippen molar-refractivity contribution in [1.82, 2.24) is 0 Å². The highest BCUT2D eigenvalue weighted by Gasteiger charge is 2.12. The third-order valence-electron chi connectivity index (χ3n) is 3.09. The molecule has 0 saturated carbocycles. The van der Waals surface area contributed by atoms with Gasteiger partial charge >= 0.3 is 0 Å². The Kier molecular flexibility index (Phi) is 5.60. The van der Waals surface area contributed by atoms with Gasteiger partial charge in [-0.05, 0) is 37.5 Å². The van der Waals surface area contributed by atoms with Crippen LogP contribution in [0.4, 0.5) is 0 Å². The summed E-state index contributed by atoms with van der Waals surface area (Å²) in [5.74, 6) is 6.49. The van der Waals surface area contributed by atoms with Gasteiger partial charge in [0.1, 0.15) is 12.4 Å². The molecular formula is C16H18O4. The fraction of sp³-hybridized carbons (Fsp3) is 0.438. The molecule has 1 aliphatic heterocycles. The van der Waals surface area contributed by atoms with Gasteiger partial charge in [0.2, 0.25) is 0 Å². The summed E-state index contributed by atoms with van der Waals surface area (Å²) in [4.78, 5) is 11.0. The lowest BCUT2D eigenvalue weighted by atomic mass is 10.1. The van der Waals surface area contributed by atoms with E-state index in [1.807, 2.05) is 0 Å². The highest BCUT2D eigenvalue weighted by molar-refractivity contribution is 5.80. The molecule has 1 atom stereocenters. The fourth-order valence-electron chi connectivity index (χ4n) is 1.99. The van der Waals surface area contributed by atoms with E-state index in [1.54, 1.807) is 25.3 Å². The zero-order valence-electron chi connectivity index (χ0n) is 11.6. The molecule has 106 valence electrons. The van der Waals surface area contributed by atoms with Crippen LogP contribution >= 0.6 is 0 Å². The number of ether oxygens (including phenoxy) is 3. The standard InChI is InChI=1S/C16H18O4/c1-18-15-8-7-13(14(11-15)12-17)5-4-10-20-16-6-2-3-9-19-16/h7-8,11-12,16H,2-3,6,9-10H2,1H3. The van der Waals surface area contributed by atoms with Gasteiger partial charge in [-0.3, -0.25) is 4.79 Å². The second kappa shape index (κ2) is 7.68. The molecule has 20 heavy (non-hydrogen) atoms. The van der Waals surface area contributed by atoms with Crippen LogP contribution in [0.5, 0.6) is 5.75 Å². The molecule has 1 saturated heterocycles. The summed E-state index contributed by atoms with van der Waals surface area (Å²) < 4.78 is 16.0. The molecule has 1 aliphatic rings. The number of carbonyl (C=O) groups excluding carboxylic acids is 1. The summed E-state index contributed by atoms with van der Waals surface area (Å²) in [6.45, 7) is 1.06. The molecule has 0 bridgehead atoms. The molecule has 0 radical (unpaired) electrons. The molecule has 1 aromatic rings. The van der Waals surface area contributed by atoms with Gasteiger partial charge in [0.05, 0.1) is 7.11 Å². The zero-order chi connectivity index (χ0) is 14.2. The molecular weight excluding hydrogens is 256 g/mol. The van der Waals surface area contributed by atoms with Crippen LogP contribution in [-0.4, -0.2) is 32.9 Å². The van der Waals surface area contributed by atoms with Gasteiger partial charge in [0.15, 0.2) is 12.6 Å². The fourth-order valence-corrected chi connectivity index (χ4v) is 1.99. The Morgan fingerprint density at radius 3 is 3.05 bits per heavy atom. The molecule has 1 fully saturated rings. The Morgan fingerprint density at radius 2 is 2.35 bits per heavy atom. The summed E-state index contributed by atoms with van der Waals surface area (Å²) in [6, 6.07) is 5.22. The second-order valence-corrected chi connectivity index (χ2v) is 4.48. The van der Waals surface area contributed by atoms with Crippen LogP contribution in [0.3, 0.4) is 0 Å². The number of hydrogen-bond donors (Lipinski definition) is 0. The SMILES string of the molecule is COc1ccc(C#CCOC2CCCCO2)c(C=O)c1. The molecule has 0 N–H and O–H groups in total. The summed E-state index contributed by atoms with van der Waals surface area (Å²) in [7, 11) is 1.56. The van der Waals surface area contributed by atoms with Crippen molar-refractivity contribution in [1.29, 1.82) is 0 Å². The Balaban J connectivity index is 1.92. The second-order valence-electron chi connectivity index (χ2n) is 4.48. The maximum absolute atomic E-state index is 11.0. The maximum atomic E-state index is 11.0. The van der Waals surface area contributed by atoms with E-state index in [1.165, 1.54) is 0 Å². The highest BCUT2D eigenvalue weighted by atomic mass is 16.7. The van der Waals surface area contributed by atoms with E-state index in [9.17, 15) is 4.79 Å². The average Bonchev–Trinajstić information content (AvgIpc) is 2.52. The average molecular weight is 274 g/mol. The van der Waals surface area contributed by atoms with E-state index >= 15 is 0 Å². The van der Waals surface area contributed by atoms with Crippen molar-refractivity contribution in [2.24, 2.45) is 0 Å². The first-order valence-electron chi connectivity index (χ1n) is 6.69. The number of hydrogen-bond acceptors (Lipinski definition) is 4. The van der Waals surface area contributed by atoms with Gasteiger partial charge < -0.3 is 14.2 Å². The first kappa shape index (κ1) is 14.6. The molecule has 4 heteroatoms. The largest absolute Gasteiger partial charge is 0.497 e. The molecule has 4 nitrogen and oxygen atoms in total. The lowest BCUT2D eigenvalue weighted by molar-refractivity contribution is -0.154. The Hall–Kier alpha value is -1.83. The van der Waals surface area contributed by atoms with Gasteiger partial charge in [-0.25, -0.2) is 0 Å². The first-order valence-corrected chi connectivity index (χ1v) is 6.69. The van der Waals surface area contributed by atoms with Crippen molar-refractivity contribution < 1.29 is 19.0 Å². The smallest absolute Gasteiger partial charge is 0.158 e. The molecule has 0 aliphatic carbocycles. The van der Waals surface area contributed by atoms with Gasteiger partial charge in [0.25, 0.3) is 0 Å². The predicted octanol–water partition coefficient (Wildman–Crippen LogP) is 2.40. The van der Waals surface area contributed by atoms with Crippen LogP contribution in [0, 0.1) is 11.8 Å². The van der Waals surface area contributed by atoms with Gasteiger partial charge in [0, 0.05) is 17.7 Å². The van der Waals surface area contributed by atoms with Crippen LogP contribution in [0.15, 0.2) is 18.2 Å². The topological polar surface area (TPSA) is 44.8 Å². The van der Waals surface area contributed by atoms with E-state index in [4.69, 9.17) is 14.2 Å². The lowest BCUT2D eigenvalue weighted by Gasteiger charge is -2.21. The summed E-state index contributed by atoms with van der Waals surface area (Å²) in [6.07, 6.45) is 3.78.